The molecule has 3 aliphatic rings. The smallest absolute Gasteiger partial charge is 0.257 e. The van der Waals surface area contributed by atoms with Crippen LogP contribution in [0.25, 0.3) is 0 Å². The van der Waals surface area contributed by atoms with Gasteiger partial charge in [0.1, 0.15) is 17.1 Å². The Hall–Kier alpha value is -3.90. The van der Waals surface area contributed by atoms with Gasteiger partial charge in [-0.05, 0) is 30.4 Å². The number of anilines is 1. The molecule has 0 radical (unpaired) electrons. The highest BCUT2D eigenvalue weighted by Crippen LogP contribution is 2.53. The molecule has 0 spiro atoms. The zero-order chi connectivity index (χ0) is 26.9. The van der Waals surface area contributed by atoms with E-state index >= 15 is 0 Å². The summed E-state index contributed by atoms with van der Waals surface area (Å²) in [6, 6.07) is 1.51. The molecule has 192 valence electrons. The number of benzene rings is 1. The van der Waals surface area contributed by atoms with Crippen LogP contribution in [0, 0.1) is 11.8 Å². The molecule has 12 heteroatoms. The Labute approximate surface area is 206 Å². The summed E-state index contributed by atoms with van der Waals surface area (Å²) >= 11 is 0. The number of hydrogen-bond donors (Lipinski definition) is 5. The number of fused-ring (bicyclic) bond motifs is 3. The standard InChI is InChI=1S/C24H28N4O8/c1-27(2)13-8-12(23(34)28(3)4)18(30)16-11(13)6-9-5-10-7-14(29)17(22(25)33)20(32)24(10,35)21(36-26)15(9)19(16)31/h8-10,29-30,35H,5-7,26H2,1-4H3,(H2,25,33)/t9-,10+,24-/m1/s1. The van der Waals surface area contributed by atoms with E-state index in [0.29, 0.717) is 11.3 Å². The average molecular weight is 501 g/mol. The second kappa shape index (κ2) is 8.35. The van der Waals surface area contributed by atoms with Gasteiger partial charge >= 0.3 is 0 Å². The highest BCUT2D eigenvalue weighted by Gasteiger charge is 2.60. The minimum atomic E-state index is -2.53. The maximum absolute atomic E-state index is 13.9. The van der Waals surface area contributed by atoms with Crippen molar-refractivity contribution in [3.05, 3.63) is 45.4 Å². The predicted octanol–water partition coefficient (Wildman–Crippen LogP) is -0.319. The fourth-order valence-electron chi connectivity index (χ4n) is 5.60. The van der Waals surface area contributed by atoms with Crippen LogP contribution in [0.2, 0.25) is 0 Å². The van der Waals surface area contributed by atoms with Crippen LogP contribution in [-0.2, 0) is 20.8 Å². The number of amides is 2. The first-order valence-electron chi connectivity index (χ1n) is 11.2. The van der Waals surface area contributed by atoms with Gasteiger partial charge in [-0.25, -0.2) is 0 Å². The number of rotatable bonds is 4. The van der Waals surface area contributed by atoms with E-state index in [1.807, 2.05) is 0 Å². The number of Topliss-reactive ketones (excluding diaryl/α,β-unsaturated/α-hetero) is 2. The quantitative estimate of drug-likeness (QED) is 0.270. The molecule has 12 nitrogen and oxygen atoms in total. The highest BCUT2D eigenvalue weighted by molar-refractivity contribution is 6.24. The van der Waals surface area contributed by atoms with E-state index in [0.717, 1.165) is 0 Å². The predicted molar refractivity (Wildman–Crippen MR) is 126 cm³/mol. The van der Waals surface area contributed by atoms with Gasteiger partial charge in [-0.1, -0.05) is 0 Å². The van der Waals surface area contributed by atoms with Crippen molar-refractivity contribution in [3.8, 4) is 5.75 Å². The van der Waals surface area contributed by atoms with E-state index in [2.05, 4.69) is 0 Å². The van der Waals surface area contributed by atoms with E-state index in [1.54, 1.807) is 19.0 Å². The third kappa shape index (κ3) is 3.28. The van der Waals surface area contributed by atoms with Crippen LogP contribution in [0.1, 0.15) is 39.1 Å². The summed E-state index contributed by atoms with van der Waals surface area (Å²) in [5.74, 6) is -1.49. The van der Waals surface area contributed by atoms with Gasteiger partial charge in [-0.15, -0.1) is 0 Å². The van der Waals surface area contributed by atoms with E-state index in [4.69, 9.17) is 16.5 Å². The zero-order valence-electron chi connectivity index (χ0n) is 20.3. The SMILES string of the molecule is CN(C)C(=O)c1cc(N(C)C)c2c(c1O)C(=O)C1=C(ON)[C@]3(O)C(=O)C(C(N)=O)=C(O)C[C@@H]3C[C@@H]1C2. The normalized spacial score (nSPS) is 25.2. The van der Waals surface area contributed by atoms with Crippen LogP contribution in [0.15, 0.2) is 28.7 Å². The van der Waals surface area contributed by atoms with Gasteiger partial charge in [0.25, 0.3) is 11.8 Å². The largest absolute Gasteiger partial charge is 0.511 e. The number of hydrogen-bond acceptors (Lipinski definition) is 10. The first kappa shape index (κ1) is 25.2. The number of allylic oxidation sites excluding steroid dienone is 2. The molecule has 1 aromatic carbocycles. The molecule has 4 rings (SSSR count). The molecule has 0 saturated heterocycles. The van der Waals surface area contributed by atoms with Crippen molar-refractivity contribution in [3.63, 3.8) is 0 Å². The number of aliphatic hydroxyl groups excluding tert-OH is 1. The lowest BCUT2D eigenvalue weighted by Crippen LogP contribution is -2.58. The number of ketones is 2. The van der Waals surface area contributed by atoms with E-state index in [9.17, 15) is 34.5 Å². The minimum Gasteiger partial charge on any atom is -0.511 e. The highest BCUT2D eigenvalue weighted by atomic mass is 16.6. The Kier molecular flexibility index (Phi) is 5.84. The van der Waals surface area contributed by atoms with Crippen LogP contribution in [-0.4, -0.2) is 77.4 Å². The molecule has 3 aliphatic carbocycles. The third-order valence-electron chi connectivity index (χ3n) is 7.25. The van der Waals surface area contributed by atoms with Crippen molar-refractivity contribution in [2.45, 2.75) is 24.9 Å². The molecule has 0 saturated carbocycles. The monoisotopic (exact) mass is 500 g/mol. The molecule has 36 heavy (non-hydrogen) atoms. The van der Waals surface area contributed by atoms with Gasteiger partial charge in [0.05, 0.1) is 11.1 Å². The van der Waals surface area contributed by atoms with E-state index in [1.165, 1.54) is 25.1 Å². The molecule has 3 atom stereocenters. The Morgan fingerprint density at radius 3 is 2.31 bits per heavy atom. The Balaban J connectivity index is 1.99. The van der Waals surface area contributed by atoms with Crippen molar-refractivity contribution in [1.29, 1.82) is 0 Å². The van der Waals surface area contributed by atoms with Gasteiger partial charge in [0, 0.05) is 51.8 Å². The van der Waals surface area contributed by atoms with E-state index in [-0.39, 0.29) is 36.0 Å². The number of nitrogens with zero attached hydrogens (tertiary/aromatic N) is 2. The number of aromatic hydroxyl groups is 1. The minimum absolute atomic E-state index is 0.0672. The first-order valence-corrected chi connectivity index (χ1v) is 11.2. The van der Waals surface area contributed by atoms with Gasteiger partial charge in [0.2, 0.25) is 5.78 Å². The van der Waals surface area contributed by atoms with Crippen LogP contribution in [0.4, 0.5) is 5.69 Å². The number of carbonyl (C=O) groups excluding carboxylic acids is 4. The second-order valence-corrected chi connectivity index (χ2v) is 9.75. The van der Waals surface area contributed by atoms with Crippen molar-refractivity contribution in [2.24, 2.45) is 23.5 Å². The van der Waals surface area contributed by atoms with Crippen LogP contribution >= 0.6 is 0 Å². The lowest BCUT2D eigenvalue weighted by atomic mass is 9.60. The molecule has 0 aromatic heterocycles. The molecular formula is C24H28N4O8. The molecule has 7 N–H and O–H groups in total. The van der Waals surface area contributed by atoms with Gasteiger partial charge in [0.15, 0.2) is 17.1 Å². The number of primary amides is 1. The van der Waals surface area contributed by atoms with Crippen LogP contribution in [0.3, 0.4) is 0 Å². The molecule has 0 bridgehead atoms. The fraction of sp³-hybridized carbons (Fsp3) is 0.417. The maximum atomic E-state index is 13.9. The molecular weight excluding hydrogens is 472 g/mol. The zero-order valence-corrected chi connectivity index (χ0v) is 20.3. The lowest BCUT2D eigenvalue weighted by molar-refractivity contribution is -0.146. The summed E-state index contributed by atoms with van der Waals surface area (Å²) in [7, 11) is 6.47. The summed E-state index contributed by atoms with van der Waals surface area (Å²) in [6.07, 6.45) is -0.00726. The lowest BCUT2D eigenvalue weighted by Gasteiger charge is -2.46. The first-order chi connectivity index (χ1) is 16.8. The number of phenolic OH excluding ortho intramolecular Hbond substituents is 1. The molecule has 1 aromatic rings. The van der Waals surface area contributed by atoms with Crippen LogP contribution < -0.4 is 16.5 Å². The van der Waals surface area contributed by atoms with Gasteiger partial charge in [-0.3, -0.25) is 19.2 Å². The fourth-order valence-corrected chi connectivity index (χ4v) is 5.60. The van der Waals surface area contributed by atoms with E-state index < -0.39 is 63.7 Å². The number of carbonyl (C=O) groups is 4. The molecule has 0 unspecified atom stereocenters. The van der Waals surface area contributed by atoms with Crippen LogP contribution in [0.5, 0.6) is 5.75 Å². The molecule has 0 aliphatic heterocycles. The topological polar surface area (TPSA) is 197 Å². The summed E-state index contributed by atoms with van der Waals surface area (Å²) in [6.45, 7) is 0. The number of nitrogens with two attached hydrogens (primary N) is 2. The van der Waals surface area contributed by atoms with Crippen molar-refractivity contribution >= 4 is 29.1 Å². The Morgan fingerprint density at radius 1 is 1.14 bits per heavy atom. The summed E-state index contributed by atoms with van der Waals surface area (Å²) in [5.41, 5.74) is 2.55. The third-order valence-corrected chi connectivity index (χ3v) is 7.25. The Bertz CT molecular complexity index is 1300. The van der Waals surface area contributed by atoms with Crippen molar-refractivity contribution < 1.29 is 39.3 Å². The Morgan fingerprint density at radius 2 is 1.78 bits per heavy atom. The summed E-state index contributed by atoms with van der Waals surface area (Å²) in [5, 5.41) is 32.9. The molecule has 0 heterocycles. The number of phenols is 1. The molecule has 2 amide bonds. The second-order valence-electron chi connectivity index (χ2n) is 9.75. The molecule has 0 fully saturated rings. The number of aliphatic hydroxyl groups is 2. The average Bonchev–Trinajstić information content (AvgIpc) is 2.78. The summed E-state index contributed by atoms with van der Waals surface area (Å²) in [4.78, 5) is 59.6. The van der Waals surface area contributed by atoms with Gasteiger partial charge in [-0.2, -0.15) is 5.90 Å². The maximum Gasteiger partial charge on any atom is 0.257 e. The van der Waals surface area contributed by atoms with Crippen molar-refractivity contribution in [2.75, 3.05) is 33.1 Å². The van der Waals surface area contributed by atoms with Gasteiger partial charge < -0.3 is 35.7 Å². The van der Waals surface area contributed by atoms with Crippen molar-refractivity contribution in [1.82, 2.24) is 4.90 Å². The summed E-state index contributed by atoms with van der Waals surface area (Å²) < 4.78 is 0.